The lowest BCUT2D eigenvalue weighted by Gasteiger charge is -2.35. The van der Waals surface area contributed by atoms with Crippen molar-refractivity contribution in [2.75, 3.05) is 27.3 Å². The molecule has 0 N–H and O–H groups in total. The first-order valence-electron chi connectivity index (χ1n) is 10.3. The lowest BCUT2D eigenvalue weighted by atomic mass is 9.87. The number of carbonyl (C=O) groups is 2. The van der Waals surface area contributed by atoms with Crippen LogP contribution in [0.5, 0.6) is 11.5 Å². The van der Waals surface area contributed by atoms with Crippen molar-refractivity contribution < 1.29 is 19.1 Å². The number of Topliss-reactive ketones (excluding diaryl/α,β-unsaturated/α-hetero) is 1. The summed E-state index contributed by atoms with van der Waals surface area (Å²) in [6.07, 6.45) is 1.68. The third-order valence-corrected chi connectivity index (χ3v) is 6.18. The Kier molecular flexibility index (Phi) is 5.68. The monoisotopic (exact) mass is 406 g/mol. The zero-order valence-electron chi connectivity index (χ0n) is 17.6. The smallest absolute Gasteiger partial charge is 0.274 e. The van der Waals surface area contributed by atoms with E-state index >= 15 is 0 Å². The average molecular weight is 406 g/mol. The van der Waals surface area contributed by atoms with E-state index in [0.29, 0.717) is 17.1 Å². The van der Waals surface area contributed by atoms with Gasteiger partial charge in [0.2, 0.25) is 0 Å². The minimum atomic E-state index is -0.245. The van der Waals surface area contributed by atoms with Gasteiger partial charge in [-0.1, -0.05) is 18.2 Å². The predicted octanol–water partition coefficient (Wildman–Crippen LogP) is 2.00. The van der Waals surface area contributed by atoms with E-state index in [1.165, 1.54) is 0 Å². The number of nitrogens with zero attached hydrogens (tertiary/aromatic N) is 2. The highest BCUT2D eigenvalue weighted by Gasteiger charge is 2.32. The van der Waals surface area contributed by atoms with Gasteiger partial charge in [-0.25, -0.2) is 4.99 Å². The number of fused-ring (bicyclic) bond motifs is 1. The molecule has 6 heteroatoms. The highest BCUT2D eigenvalue weighted by Crippen LogP contribution is 2.30. The number of piperidine rings is 1. The molecule has 0 radical (unpaired) electrons. The molecule has 0 saturated carbocycles. The zero-order chi connectivity index (χ0) is 21.3. The number of benzene rings is 2. The Morgan fingerprint density at radius 3 is 2.47 bits per heavy atom. The largest absolute Gasteiger partial charge is 0.493 e. The first kappa shape index (κ1) is 20.3. The van der Waals surface area contributed by atoms with E-state index in [1.807, 2.05) is 31.2 Å². The lowest BCUT2D eigenvalue weighted by molar-refractivity contribution is -0.113. The molecule has 6 nitrogen and oxygen atoms in total. The second-order valence-corrected chi connectivity index (χ2v) is 7.77. The number of likely N-dealkylation sites (tertiary alicyclic amines) is 1. The van der Waals surface area contributed by atoms with Crippen molar-refractivity contribution in [1.82, 2.24) is 4.90 Å². The molecular weight excluding hydrogens is 380 g/mol. The van der Waals surface area contributed by atoms with Crippen molar-refractivity contribution in [3.05, 3.63) is 58.6 Å². The maximum Gasteiger partial charge on any atom is 0.274 e. The van der Waals surface area contributed by atoms with Crippen molar-refractivity contribution in [2.45, 2.75) is 25.8 Å². The molecule has 2 aliphatic rings. The van der Waals surface area contributed by atoms with E-state index in [2.05, 4.69) is 9.89 Å². The van der Waals surface area contributed by atoms with Gasteiger partial charge in [0.05, 0.1) is 25.6 Å². The van der Waals surface area contributed by atoms with Gasteiger partial charge in [0.1, 0.15) is 0 Å². The van der Waals surface area contributed by atoms with Gasteiger partial charge in [0.25, 0.3) is 5.91 Å². The fourth-order valence-corrected chi connectivity index (χ4v) is 4.45. The minimum Gasteiger partial charge on any atom is -0.493 e. The number of ether oxygens (including phenoxy) is 2. The molecule has 0 bridgehead atoms. The van der Waals surface area contributed by atoms with Crippen LogP contribution in [-0.4, -0.2) is 49.9 Å². The van der Waals surface area contributed by atoms with Crippen LogP contribution in [0.25, 0.3) is 5.57 Å². The third-order valence-electron chi connectivity index (χ3n) is 6.18. The summed E-state index contributed by atoms with van der Waals surface area (Å²) >= 11 is 0. The van der Waals surface area contributed by atoms with E-state index in [-0.39, 0.29) is 23.7 Å². The number of para-hydroxylation sites is 1. The molecule has 30 heavy (non-hydrogen) atoms. The summed E-state index contributed by atoms with van der Waals surface area (Å²) in [4.78, 5) is 31.9. The Balaban J connectivity index is 1.46. The van der Waals surface area contributed by atoms with Crippen molar-refractivity contribution in [1.29, 1.82) is 0 Å². The zero-order valence-corrected chi connectivity index (χ0v) is 17.6. The van der Waals surface area contributed by atoms with Crippen LogP contribution in [0.2, 0.25) is 0 Å². The molecule has 2 aromatic carbocycles. The number of hydrogen-bond donors (Lipinski definition) is 0. The highest BCUT2D eigenvalue weighted by molar-refractivity contribution is 6.16. The maximum atomic E-state index is 13.1. The SMILES string of the molecule is COc1ccc(C(=O)C(C)N2CCC(C3=c4ccccc4=NC3=O)CC2)cc1OC. The minimum absolute atomic E-state index is 0.0549. The number of hydrogen-bond acceptors (Lipinski definition) is 5. The molecule has 156 valence electrons. The van der Waals surface area contributed by atoms with E-state index in [9.17, 15) is 9.59 Å². The van der Waals surface area contributed by atoms with Crippen molar-refractivity contribution >= 4 is 17.3 Å². The van der Waals surface area contributed by atoms with Gasteiger partial charge in [-0.15, -0.1) is 0 Å². The van der Waals surface area contributed by atoms with Gasteiger partial charge in [-0.2, -0.15) is 0 Å². The van der Waals surface area contributed by atoms with Gasteiger partial charge in [0, 0.05) is 16.4 Å². The second-order valence-electron chi connectivity index (χ2n) is 7.77. The molecule has 1 atom stereocenters. The summed E-state index contributed by atoms with van der Waals surface area (Å²) in [7, 11) is 3.14. The van der Waals surface area contributed by atoms with Gasteiger partial charge in [-0.3, -0.25) is 14.5 Å². The molecule has 1 saturated heterocycles. The number of methoxy groups -OCH3 is 2. The predicted molar refractivity (Wildman–Crippen MR) is 113 cm³/mol. The molecule has 2 heterocycles. The number of amides is 1. The molecule has 0 aliphatic carbocycles. The summed E-state index contributed by atoms with van der Waals surface area (Å²) in [5.74, 6) is 1.28. The molecule has 1 fully saturated rings. The van der Waals surface area contributed by atoms with Gasteiger partial charge in [0.15, 0.2) is 17.3 Å². The molecule has 0 spiro atoms. The Morgan fingerprint density at radius 2 is 1.77 bits per heavy atom. The van der Waals surface area contributed by atoms with E-state index in [4.69, 9.17) is 9.47 Å². The quantitative estimate of drug-likeness (QED) is 0.687. The summed E-state index contributed by atoms with van der Waals surface area (Å²) < 4.78 is 10.6. The molecule has 1 unspecified atom stereocenters. The Morgan fingerprint density at radius 1 is 1.07 bits per heavy atom. The summed E-state index contributed by atoms with van der Waals surface area (Å²) in [5, 5.41) is 1.74. The molecule has 2 aromatic rings. The fraction of sp³-hybridized carbons (Fsp3) is 0.375. The Bertz CT molecular complexity index is 1100. The summed E-state index contributed by atoms with van der Waals surface area (Å²) in [6.45, 7) is 3.48. The topological polar surface area (TPSA) is 68.2 Å². The van der Waals surface area contributed by atoms with Crippen LogP contribution < -0.4 is 20.0 Å². The third kappa shape index (κ3) is 3.63. The van der Waals surface area contributed by atoms with Gasteiger partial charge >= 0.3 is 0 Å². The van der Waals surface area contributed by atoms with Crippen LogP contribution in [0.4, 0.5) is 0 Å². The normalized spacial score (nSPS) is 18.0. The number of ketones is 1. The number of rotatable bonds is 6. The van der Waals surface area contributed by atoms with E-state index < -0.39 is 0 Å². The van der Waals surface area contributed by atoms with Crippen LogP contribution >= 0.6 is 0 Å². The first-order chi connectivity index (χ1) is 14.5. The summed E-state index contributed by atoms with van der Waals surface area (Å²) in [6, 6.07) is 12.7. The number of carbonyl (C=O) groups excluding carboxylic acids is 2. The van der Waals surface area contributed by atoms with Gasteiger partial charge in [-0.05, 0) is 63.0 Å². The standard InChI is InChI=1S/C24H26N2O4/c1-15(23(27)17-8-9-20(29-2)21(14-17)30-3)26-12-10-16(11-13-26)22-18-6-4-5-7-19(18)25-24(22)28/h4-9,14-16H,10-13H2,1-3H3. The van der Waals surface area contributed by atoms with E-state index in [1.54, 1.807) is 32.4 Å². The fourth-order valence-electron chi connectivity index (χ4n) is 4.45. The summed E-state index contributed by atoms with van der Waals surface area (Å²) in [5.41, 5.74) is 1.44. The molecule has 2 aliphatic heterocycles. The lowest BCUT2D eigenvalue weighted by Crippen LogP contribution is -2.44. The molecule has 4 rings (SSSR count). The Hall–Kier alpha value is -2.99. The van der Waals surface area contributed by atoms with Crippen molar-refractivity contribution in [3.8, 4) is 11.5 Å². The highest BCUT2D eigenvalue weighted by atomic mass is 16.5. The van der Waals surface area contributed by atoms with Crippen LogP contribution in [-0.2, 0) is 4.79 Å². The molecule has 1 amide bonds. The van der Waals surface area contributed by atoms with Gasteiger partial charge < -0.3 is 9.47 Å². The van der Waals surface area contributed by atoms with Crippen LogP contribution in [0.1, 0.15) is 30.1 Å². The van der Waals surface area contributed by atoms with E-state index in [0.717, 1.165) is 42.1 Å². The van der Waals surface area contributed by atoms with Crippen molar-refractivity contribution in [2.24, 2.45) is 10.9 Å². The van der Waals surface area contributed by atoms with Crippen LogP contribution in [0.15, 0.2) is 47.5 Å². The van der Waals surface area contributed by atoms with Crippen LogP contribution in [0.3, 0.4) is 0 Å². The van der Waals surface area contributed by atoms with Crippen LogP contribution in [0, 0.1) is 5.92 Å². The second kappa shape index (κ2) is 8.40. The average Bonchev–Trinajstić information content (AvgIpc) is 3.13. The molecule has 0 aromatic heterocycles. The molecular formula is C24H26N2O4. The Labute approximate surface area is 175 Å². The maximum absolute atomic E-state index is 13.1. The first-order valence-corrected chi connectivity index (χ1v) is 10.3. The van der Waals surface area contributed by atoms with Crippen molar-refractivity contribution in [3.63, 3.8) is 0 Å².